The van der Waals surface area contributed by atoms with Crippen LogP contribution in [0.3, 0.4) is 0 Å². The Kier molecular flexibility index (Phi) is 4.25. The molecule has 1 N–H and O–H groups in total. The van der Waals surface area contributed by atoms with Crippen LogP contribution in [-0.2, 0) is 11.5 Å². The van der Waals surface area contributed by atoms with Crippen LogP contribution in [0.5, 0.6) is 0 Å². The van der Waals surface area contributed by atoms with E-state index in [4.69, 9.17) is 5.11 Å². The highest BCUT2D eigenvalue weighted by Crippen LogP contribution is 2.36. The molecule has 18 heavy (non-hydrogen) atoms. The Labute approximate surface area is 106 Å². The lowest BCUT2D eigenvalue weighted by Gasteiger charge is -2.15. The van der Waals surface area contributed by atoms with Crippen LogP contribution in [0.2, 0.25) is 0 Å². The normalized spacial score (nSPS) is 11.9. The average Bonchev–Trinajstić information content (AvgIpc) is 2.25. The van der Waals surface area contributed by atoms with Crippen LogP contribution in [0.15, 0.2) is 6.07 Å². The molecular formula is C9H5BrF5NO2. The van der Waals surface area contributed by atoms with Gasteiger partial charge in [-0.2, -0.15) is 13.2 Å². The molecule has 0 aliphatic carbocycles. The number of aromatic nitrogens is 1. The molecule has 0 spiro atoms. The summed E-state index contributed by atoms with van der Waals surface area (Å²) in [5.74, 6) is -1.94. The summed E-state index contributed by atoms with van der Waals surface area (Å²) >= 11 is 2.67. The summed E-state index contributed by atoms with van der Waals surface area (Å²) in [6.07, 6.45) is -8.13. The van der Waals surface area contributed by atoms with Gasteiger partial charge in [0.25, 0.3) is 6.43 Å². The highest BCUT2D eigenvalue weighted by Gasteiger charge is 2.39. The van der Waals surface area contributed by atoms with Crippen molar-refractivity contribution < 1.29 is 31.9 Å². The Morgan fingerprint density at radius 1 is 1.44 bits per heavy atom. The van der Waals surface area contributed by atoms with Crippen LogP contribution in [0, 0.1) is 0 Å². The molecule has 100 valence electrons. The van der Waals surface area contributed by atoms with Crippen molar-refractivity contribution in [2.24, 2.45) is 0 Å². The predicted molar refractivity (Wildman–Crippen MR) is 53.8 cm³/mol. The first kappa shape index (κ1) is 14.8. The van der Waals surface area contributed by atoms with Crippen LogP contribution in [-0.4, -0.2) is 16.1 Å². The number of halogens is 6. The second-order valence-electron chi connectivity index (χ2n) is 3.15. The molecule has 0 amide bonds. The van der Waals surface area contributed by atoms with E-state index >= 15 is 0 Å². The van der Waals surface area contributed by atoms with Gasteiger partial charge in [-0.05, 0) is 6.07 Å². The fourth-order valence-electron chi connectivity index (χ4n) is 1.31. The lowest BCUT2D eigenvalue weighted by molar-refractivity contribution is -0.138. The number of aromatic carboxylic acids is 1. The molecule has 1 heterocycles. The summed E-state index contributed by atoms with van der Waals surface area (Å²) in [6, 6.07) is 0.238. The van der Waals surface area contributed by atoms with Gasteiger partial charge < -0.3 is 5.11 Å². The summed E-state index contributed by atoms with van der Waals surface area (Å²) in [5.41, 5.74) is -4.54. The van der Waals surface area contributed by atoms with Gasteiger partial charge >= 0.3 is 12.1 Å². The Balaban J connectivity index is 3.62. The lowest BCUT2D eigenvalue weighted by atomic mass is 10.0. The highest BCUT2D eigenvalue weighted by molar-refractivity contribution is 9.08. The van der Waals surface area contributed by atoms with Gasteiger partial charge in [0.1, 0.15) is 5.69 Å². The molecule has 1 aromatic heterocycles. The molecule has 0 saturated heterocycles. The SMILES string of the molecule is O=C(O)c1cc(C(F)F)nc(CBr)c1C(F)(F)F. The van der Waals surface area contributed by atoms with Crippen molar-refractivity contribution >= 4 is 21.9 Å². The summed E-state index contributed by atoms with van der Waals surface area (Å²) < 4.78 is 62.8. The quantitative estimate of drug-likeness (QED) is 0.678. The van der Waals surface area contributed by atoms with Crippen molar-refractivity contribution in [3.8, 4) is 0 Å². The zero-order valence-corrected chi connectivity index (χ0v) is 10.0. The number of carboxylic acid groups (broad SMARTS) is 1. The predicted octanol–water partition coefficient (Wildman–Crippen LogP) is 3.63. The number of carbonyl (C=O) groups is 1. The number of carboxylic acids is 1. The van der Waals surface area contributed by atoms with Crippen LogP contribution < -0.4 is 0 Å². The van der Waals surface area contributed by atoms with Gasteiger partial charge in [-0.15, -0.1) is 0 Å². The maximum atomic E-state index is 12.7. The first-order valence-electron chi connectivity index (χ1n) is 4.37. The second kappa shape index (κ2) is 5.17. The molecule has 3 nitrogen and oxygen atoms in total. The minimum atomic E-state index is -4.98. The molecule has 9 heteroatoms. The zero-order valence-electron chi connectivity index (χ0n) is 8.43. The third kappa shape index (κ3) is 2.95. The monoisotopic (exact) mass is 333 g/mol. The molecule has 0 unspecified atom stereocenters. The maximum Gasteiger partial charge on any atom is 0.419 e. The van der Waals surface area contributed by atoms with Crippen molar-refractivity contribution in [3.63, 3.8) is 0 Å². The van der Waals surface area contributed by atoms with E-state index in [1.54, 1.807) is 0 Å². The van der Waals surface area contributed by atoms with E-state index in [0.29, 0.717) is 0 Å². The Morgan fingerprint density at radius 2 is 2.00 bits per heavy atom. The second-order valence-corrected chi connectivity index (χ2v) is 3.71. The Morgan fingerprint density at radius 3 is 2.33 bits per heavy atom. The largest absolute Gasteiger partial charge is 0.478 e. The first-order valence-corrected chi connectivity index (χ1v) is 5.49. The van der Waals surface area contributed by atoms with Gasteiger partial charge in [0.2, 0.25) is 0 Å². The van der Waals surface area contributed by atoms with Gasteiger partial charge in [0.05, 0.1) is 16.8 Å². The summed E-state index contributed by atoms with van der Waals surface area (Å²) in [6.45, 7) is 0. The van der Waals surface area contributed by atoms with E-state index in [2.05, 4.69) is 20.9 Å². The fraction of sp³-hybridized carbons (Fsp3) is 0.333. The summed E-state index contributed by atoms with van der Waals surface area (Å²) in [4.78, 5) is 13.8. The molecule has 0 aliphatic heterocycles. The summed E-state index contributed by atoms with van der Waals surface area (Å²) in [7, 11) is 0. The smallest absolute Gasteiger partial charge is 0.419 e. The number of hydrogen-bond donors (Lipinski definition) is 1. The van der Waals surface area contributed by atoms with Crippen molar-refractivity contribution in [2.75, 3.05) is 0 Å². The van der Waals surface area contributed by atoms with E-state index in [1.807, 2.05) is 0 Å². The fourth-order valence-corrected chi connectivity index (χ4v) is 1.72. The number of nitrogens with zero attached hydrogens (tertiary/aromatic N) is 1. The van der Waals surface area contributed by atoms with Gasteiger partial charge in [-0.3, -0.25) is 4.98 Å². The number of pyridine rings is 1. The topological polar surface area (TPSA) is 50.2 Å². The standard InChI is InChI=1S/C9H5BrF5NO2/c10-2-5-6(9(13,14)15)3(8(17)18)1-4(16-5)7(11)12/h1,7H,2H2,(H,17,18). The van der Waals surface area contributed by atoms with Crippen LogP contribution in [0.25, 0.3) is 0 Å². The third-order valence-corrected chi connectivity index (χ3v) is 2.51. The molecule has 0 radical (unpaired) electrons. The lowest BCUT2D eigenvalue weighted by Crippen LogP contribution is -2.18. The van der Waals surface area contributed by atoms with Gasteiger partial charge in [0.15, 0.2) is 0 Å². The van der Waals surface area contributed by atoms with Gasteiger partial charge in [-0.25, -0.2) is 13.6 Å². The molecule has 1 rings (SSSR count). The van der Waals surface area contributed by atoms with Gasteiger partial charge in [0, 0.05) is 5.33 Å². The minimum Gasteiger partial charge on any atom is -0.478 e. The molecular weight excluding hydrogens is 329 g/mol. The van der Waals surface area contributed by atoms with Gasteiger partial charge in [-0.1, -0.05) is 15.9 Å². The van der Waals surface area contributed by atoms with E-state index in [1.165, 1.54) is 0 Å². The van der Waals surface area contributed by atoms with E-state index in [9.17, 15) is 26.7 Å². The van der Waals surface area contributed by atoms with Crippen LogP contribution in [0.1, 0.15) is 33.7 Å². The molecule has 0 saturated carbocycles. The van der Waals surface area contributed by atoms with Crippen molar-refractivity contribution in [3.05, 3.63) is 28.6 Å². The van der Waals surface area contributed by atoms with E-state index < -0.39 is 46.4 Å². The number of hydrogen-bond acceptors (Lipinski definition) is 2. The van der Waals surface area contributed by atoms with E-state index in [-0.39, 0.29) is 6.07 Å². The van der Waals surface area contributed by atoms with Crippen molar-refractivity contribution in [2.45, 2.75) is 17.9 Å². The molecule has 0 bridgehead atoms. The Bertz CT molecular complexity index is 475. The van der Waals surface area contributed by atoms with E-state index in [0.717, 1.165) is 0 Å². The number of alkyl halides is 6. The average molecular weight is 334 g/mol. The van der Waals surface area contributed by atoms with Crippen molar-refractivity contribution in [1.29, 1.82) is 0 Å². The van der Waals surface area contributed by atoms with Crippen LogP contribution in [0.4, 0.5) is 22.0 Å². The summed E-state index contributed by atoms with van der Waals surface area (Å²) in [5, 5.41) is 8.18. The maximum absolute atomic E-state index is 12.7. The number of rotatable bonds is 3. The minimum absolute atomic E-state index is 0.238. The highest BCUT2D eigenvalue weighted by atomic mass is 79.9. The molecule has 0 atom stereocenters. The first-order chi connectivity index (χ1) is 8.18. The van der Waals surface area contributed by atoms with Crippen molar-refractivity contribution in [1.82, 2.24) is 4.98 Å². The zero-order chi connectivity index (χ0) is 14.1. The Hall–Kier alpha value is -1.25. The molecule has 0 fully saturated rings. The molecule has 1 aromatic rings. The molecule has 0 aliphatic rings. The van der Waals surface area contributed by atoms with Crippen LogP contribution >= 0.6 is 15.9 Å². The third-order valence-electron chi connectivity index (χ3n) is 1.98. The molecule has 0 aromatic carbocycles.